The monoisotopic (exact) mass is 369 g/mol. The predicted octanol–water partition coefficient (Wildman–Crippen LogP) is 5.55. The van der Waals surface area contributed by atoms with Gasteiger partial charge in [0.05, 0.1) is 0 Å². The molecule has 1 amide bonds. The van der Waals surface area contributed by atoms with Gasteiger partial charge in [-0.2, -0.15) is 0 Å². The molecular weight excluding hydrogens is 341 g/mol. The highest BCUT2D eigenvalue weighted by atomic mass is 19.1. The summed E-state index contributed by atoms with van der Waals surface area (Å²) in [4.78, 5) is 14.0. The number of likely N-dealkylation sites (tertiary alicyclic amines) is 1. The number of nitrogens with zero attached hydrogens (tertiary/aromatic N) is 1. The zero-order valence-corrected chi connectivity index (χ0v) is 16.3. The minimum Gasteiger partial charge on any atom is -0.444 e. The van der Waals surface area contributed by atoms with E-state index < -0.39 is 11.3 Å². The largest absolute Gasteiger partial charge is 0.444 e. The quantitative estimate of drug-likeness (QED) is 0.710. The van der Waals surface area contributed by atoms with Gasteiger partial charge in [0, 0.05) is 19.0 Å². The molecule has 27 heavy (non-hydrogen) atoms. The zero-order chi connectivity index (χ0) is 19.5. The van der Waals surface area contributed by atoms with Gasteiger partial charge in [-0.1, -0.05) is 60.7 Å². The number of carbonyl (C=O) groups excluding carboxylic acids is 1. The van der Waals surface area contributed by atoms with Crippen LogP contribution in [0.1, 0.15) is 44.7 Å². The number of hydrogen-bond donors (Lipinski definition) is 0. The number of rotatable bonds is 3. The maximum absolute atomic E-state index is 16.6. The molecule has 1 saturated heterocycles. The molecule has 144 valence electrons. The Morgan fingerprint density at radius 3 is 1.78 bits per heavy atom. The maximum Gasteiger partial charge on any atom is 0.410 e. The summed E-state index contributed by atoms with van der Waals surface area (Å²) in [5.41, 5.74) is -0.743. The number of halogens is 1. The molecule has 0 unspecified atom stereocenters. The molecule has 2 aromatic rings. The van der Waals surface area contributed by atoms with Crippen LogP contribution in [0.4, 0.5) is 9.18 Å². The third-order valence-corrected chi connectivity index (χ3v) is 5.10. The van der Waals surface area contributed by atoms with Crippen molar-refractivity contribution >= 4 is 6.09 Å². The summed E-state index contributed by atoms with van der Waals surface area (Å²) in [6, 6.07) is 18.7. The maximum atomic E-state index is 16.6. The molecular formula is C23H28FNO2. The summed E-state index contributed by atoms with van der Waals surface area (Å²) in [5.74, 6) is -0.194. The van der Waals surface area contributed by atoms with E-state index in [2.05, 4.69) is 0 Å². The van der Waals surface area contributed by atoms with Crippen LogP contribution in [-0.2, 0) is 10.4 Å². The fourth-order valence-electron chi connectivity index (χ4n) is 3.79. The molecule has 0 bridgehead atoms. The molecule has 0 radical (unpaired) electrons. The standard InChI is InChI=1S/C23H28FNO2/c1-22(2,3)27-21(26)25-16-14-20(15-17-25)23(24,18-10-6-4-7-11-18)19-12-8-5-9-13-19/h4-13,20H,14-17H2,1-3H3. The first-order valence-electron chi connectivity index (χ1n) is 9.58. The minimum atomic E-state index is -1.57. The topological polar surface area (TPSA) is 29.5 Å². The van der Waals surface area contributed by atoms with E-state index >= 15 is 4.39 Å². The number of piperidine rings is 1. The SMILES string of the molecule is CC(C)(C)OC(=O)N1CCC(C(F)(c2ccccc2)c2ccccc2)CC1. The van der Waals surface area contributed by atoms with Crippen molar-refractivity contribution in [2.24, 2.45) is 5.92 Å². The molecule has 1 heterocycles. The molecule has 1 aliphatic rings. The van der Waals surface area contributed by atoms with Gasteiger partial charge in [-0.05, 0) is 44.7 Å². The fraction of sp³-hybridized carbons (Fsp3) is 0.435. The number of benzene rings is 2. The number of carbonyl (C=O) groups is 1. The second-order valence-electron chi connectivity index (χ2n) is 8.19. The van der Waals surface area contributed by atoms with E-state index in [0.717, 1.165) is 0 Å². The van der Waals surface area contributed by atoms with Gasteiger partial charge in [0.2, 0.25) is 0 Å². The molecule has 3 nitrogen and oxygen atoms in total. The molecule has 0 aromatic heterocycles. The van der Waals surface area contributed by atoms with Crippen LogP contribution in [-0.4, -0.2) is 29.7 Å². The van der Waals surface area contributed by atoms with Crippen molar-refractivity contribution < 1.29 is 13.9 Å². The molecule has 2 aromatic carbocycles. The Labute approximate surface area is 161 Å². The summed E-state index contributed by atoms with van der Waals surface area (Å²) >= 11 is 0. The third-order valence-electron chi connectivity index (χ3n) is 5.10. The lowest BCUT2D eigenvalue weighted by atomic mass is 9.73. The minimum absolute atomic E-state index is 0.194. The van der Waals surface area contributed by atoms with E-state index in [1.165, 1.54) is 0 Å². The molecule has 0 spiro atoms. The Balaban J connectivity index is 1.81. The van der Waals surface area contributed by atoms with E-state index in [4.69, 9.17) is 4.74 Å². The number of hydrogen-bond acceptors (Lipinski definition) is 2. The average molecular weight is 369 g/mol. The van der Waals surface area contributed by atoms with Gasteiger partial charge >= 0.3 is 6.09 Å². The lowest BCUT2D eigenvalue weighted by molar-refractivity contribution is 0.00714. The molecule has 0 N–H and O–H groups in total. The van der Waals surface area contributed by atoms with Crippen LogP contribution in [0.3, 0.4) is 0 Å². The van der Waals surface area contributed by atoms with Crippen molar-refractivity contribution in [3.05, 3.63) is 71.8 Å². The molecule has 0 atom stereocenters. The van der Waals surface area contributed by atoms with Gasteiger partial charge in [0.15, 0.2) is 5.67 Å². The average Bonchev–Trinajstić information content (AvgIpc) is 2.67. The van der Waals surface area contributed by atoms with Crippen LogP contribution in [0.2, 0.25) is 0 Å². The van der Waals surface area contributed by atoms with Crippen LogP contribution in [0, 0.1) is 5.92 Å². The molecule has 0 saturated carbocycles. The summed E-state index contributed by atoms with van der Waals surface area (Å²) in [7, 11) is 0. The highest BCUT2D eigenvalue weighted by molar-refractivity contribution is 5.68. The predicted molar refractivity (Wildman–Crippen MR) is 105 cm³/mol. The molecule has 3 rings (SSSR count). The van der Waals surface area contributed by atoms with Crippen LogP contribution >= 0.6 is 0 Å². The first kappa shape index (κ1) is 19.4. The van der Waals surface area contributed by atoms with Crippen molar-refractivity contribution in [2.45, 2.75) is 44.9 Å². The second kappa shape index (κ2) is 7.71. The molecule has 1 fully saturated rings. The smallest absolute Gasteiger partial charge is 0.410 e. The normalized spacial score (nSPS) is 16.2. The number of ether oxygens (including phenoxy) is 1. The Kier molecular flexibility index (Phi) is 5.54. The Hall–Kier alpha value is -2.36. The van der Waals surface area contributed by atoms with Crippen molar-refractivity contribution in [3.8, 4) is 0 Å². The van der Waals surface area contributed by atoms with E-state index in [1.54, 1.807) is 4.90 Å². The lowest BCUT2D eigenvalue weighted by Gasteiger charge is -2.40. The van der Waals surface area contributed by atoms with Gasteiger partial charge in [0.25, 0.3) is 0 Å². The van der Waals surface area contributed by atoms with Crippen LogP contribution in [0.25, 0.3) is 0 Å². The summed E-state index contributed by atoms with van der Waals surface area (Å²) < 4.78 is 22.1. The van der Waals surface area contributed by atoms with Gasteiger partial charge in [0.1, 0.15) is 5.60 Å². The summed E-state index contributed by atoms with van der Waals surface area (Å²) in [5, 5.41) is 0. The van der Waals surface area contributed by atoms with E-state index in [1.807, 2.05) is 81.4 Å². The van der Waals surface area contributed by atoms with E-state index in [-0.39, 0.29) is 12.0 Å². The van der Waals surface area contributed by atoms with E-state index in [9.17, 15) is 4.79 Å². The fourth-order valence-corrected chi connectivity index (χ4v) is 3.79. The second-order valence-corrected chi connectivity index (χ2v) is 8.19. The summed E-state index contributed by atoms with van der Waals surface area (Å²) in [6.45, 7) is 6.58. The summed E-state index contributed by atoms with van der Waals surface area (Å²) in [6.07, 6.45) is 0.879. The van der Waals surface area contributed by atoms with Crippen molar-refractivity contribution in [1.82, 2.24) is 4.90 Å². The van der Waals surface area contributed by atoms with E-state index in [0.29, 0.717) is 37.1 Å². The Morgan fingerprint density at radius 1 is 0.926 bits per heavy atom. The van der Waals surface area contributed by atoms with Gasteiger partial charge < -0.3 is 9.64 Å². The van der Waals surface area contributed by atoms with Gasteiger partial charge in [-0.25, -0.2) is 9.18 Å². The Morgan fingerprint density at radius 2 is 1.37 bits per heavy atom. The number of amides is 1. The first-order valence-corrected chi connectivity index (χ1v) is 9.58. The molecule has 4 heteroatoms. The van der Waals surface area contributed by atoms with Crippen molar-refractivity contribution in [2.75, 3.05) is 13.1 Å². The Bertz CT molecular complexity index is 707. The highest BCUT2D eigenvalue weighted by Gasteiger charge is 2.44. The molecule has 0 aliphatic carbocycles. The van der Waals surface area contributed by atoms with Crippen LogP contribution < -0.4 is 0 Å². The highest BCUT2D eigenvalue weighted by Crippen LogP contribution is 2.45. The van der Waals surface area contributed by atoms with Crippen molar-refractivity contribution in [1.29, 1.82) is 0 Å². The third kappa shape index (κ3) is 4.32. The number of alkyl halides is 1. The molecule has 1 aliphatic heterocycles. The van der Waals surface area contributed by atoms with Crippen LogP contribution in [0.5, 0.6) is 0 Å². The van der Waals surface area contributed by atoms with Gasteiger partial charge in [-0.15, -0.1) is 0 Å². The van der Waals surface area contributed by atoms with Crippen molar-refractivity contribution in [3.63, 3.8) is 0 Å². The zero-order valence-electron chi connectivity index (χ0n) is 16.3. The van der Waals surface area contributed by atoms with Crippen LogP contribution in [0.15, 0.2) is 60.7 Å². The van der Waals surface area contributed by atoms with Gasteiger partial charge in [-0.3, -0.25) is 0 Å². The first-order chi connectivity index (χ1) is 12.8. The lowest BCUT2D eigenvalue weighted by Crippen LogP contribution is -2.45.